The number of β-lactam (4-membered cyclic amide) rings is 1. The van der Waals surface area contributed by atoms with Gasteiger partial charge < -0.3 is 30.2 Å². The van der Waals surface area contributed by atoms with E-state index in [0.717, 1.165) is 27.8 Å². The van der Waals surface area contributed by atoms with Crippen molar-refractivity contribution in [1.82, 2.24) is 10.2 Å². The largest absolute Gasteiger partial charge is 0.451 e. The van der Waals surface area contributed by atoms with E-state index < -0.39 is 47.1 Å². The summed E-state index contributed by atoms with van der Waals surface area (Å²) in [5.74, 6) is -1.77. The third-order valence-electron chi connectivity index (χ3n) is 6.74. The number of nitrogens with one attached hydrogen (secondary N) is 1. The predicted molar refractivity (Wildman–Crippen MR) is 152 cm³/mol. The molecule has 3 N–H and O–H groups in total. The number of nitrogens with two attached hydrogens (primary N) is 1. The first-order valence-corrected chi connectivity index (χ1v) is 14.4. The molecule has 41 heavy (non-hydrogen) atoms. The molecule has 2 aliphatic heterocycles. The van der Waals surface area contributed by atoms with Gasteiger partial charge in [0.25, 0.3) is 11.6 Å². The van der Waals surface area contributed by atoms with Crippen molar-refractivity contribution in [2.45, 2.75) is 29.7 Å². The van der Waals surface area contributed by atoms with Crippen molar-refractivity contribution < 1.29 is 33.4 Å². The summed E-state index contributed by atoms with van der Waals surface area (Å²) in [4.78, 5) is 54.0. The molecule has 2 aromatic carbocycles. The lowest BCUT2D eigenvalue weighted by molar-refractivity contribution is -0.203. The number of methoxy groups -OCH3 is 1. The number of fused-ring (bicyclic) bond motifs is 1. The Labute approximate surface area is 244 Å². The molecular weight excluding hydrogens is 566 g/mol. The van der Waals surface area contributed by atoms with E-state index in [4.69, 9.17) is 19.9 Å². The van der Waals surface area contributed by atoms with Crippen LogP contribution in [0.25, 0.3) is 0 Å². The van der Waals surface area contributed by atoms with E-state index in [-0.39, 0.29) is 13.0 Å². The number of thiophene rings is 1. The molecule has 3 amide bonds. The number of carbonyl (C=O) groups excluding carboxylic acids is 4. The van der Waals surface area contributed by atoms with E-state index >= 15 is 0 Å². The maximum absolute atomic E-state index is 13.9. The number of carbonyl (C=O) groups is 4. The van der Waals surface area contributed by atoms with E-state index in [2.05, 4.69) is 5.32 Å². The Hall–Kier alpha value is -4.13. The van der Waals surface area contributed by atoms with Gasteiger partial charge in [0.05, 0.1) is 6.42 Å². The second-order valence-corrected chi connectivity index (χ2v) is 11.3. The number of amides is 3. The third-order valence-corrected chi connectivity index (χ3v) is 8.87. The van der Waals surface area contributed by atoms with Crippen molar-refractivity contribution in [2.24, 2.45) is 5.73 Å². The first kappa shape index (κ1) is 28.4. The van der Waals surface area contributed by atoms with Gasteiger partial charge in [-0.3, -0.25) is 9.59 Å². The lowest BCUT2D eigenvalue weighted by Crippen LogP contribution is -2.83. The summed E-state index contributed by atoms with van der Waals surface area (Å²) in [7, 11) is 1.32. The molecule has 0 aliphatic carbocycles. The van der Waals surface area contributed by atoms with Crippen LogP contribution in [-0.2, 0) is 35.0 Å². The van der Waals surface area contributed by atoms with Crippen molar-refractivity contribution in [1.29, 1.82) is 0 Å². The summed E-state index contributed by atoms with van der Waals surface area (Å²) in [6.45, 7) is -0.329. The normalized spacial score (nSPS) is 21.4. The first-order valence-electron chi connectivity index (χ1n) is 12.6. The van der Waals surface area contributed by atoms with E-state index in [1.807, 2.05) is 78.2 Å². The number of hydrogen-bond acceptors (Lipinski definition) is 9. The lowest BCUT2D eigenvalue weighted by Gasteiger charge is -2.57. The van der Waals surface area contributed by atoms with Gasteiger partial charge in [-0.1, -0.05) is 66.7 Å². The number of benzene rings is 2. The lowest BCUT2D eigenvalue weighted by atomic mass is 9.94. The summed E-state index contributed by atoms with van der Waals surface area (Å²) in [6.07, 6.45) is -1.73. The van der Waals surface area contributed by atoms with Gasteiger partial charge >= 0.3 is 12.1 Å². The molecule has 212 valence electrons. The number of ether oxygens (including phenoxy) is 3. The molecule has 0 radical (unpaired) electrons. The number of primary amides is 1. The van der Waals surface area contributed by atoms with Gasteiger partial charge in [-0.2, -0.15) is 0 Å². The van der Waals surface area contributed by atoms with E-state index in [9.17, 15) is 19.2 Å². The van der Waals surface area contributed by atoms with Gasteiger partial charge in [-0.05, 0) is 28.0 Å². The fraction of sp³-hybridized carbons (Fsp3) is 0.241. The molecular formula is C29H27N3O7S2. The van der Waals surface area contributed by atoms with Crippen LogP contribution in [0.2, 0.25) is 0 Å². The molecule has 5 rings (SSSR count). The Morgan fingerprint density at radius 2 is 1.68 bits per heavy atom. The SMILES string of the molecule is CO[C@@]1(NC(=O)Cc2cccs2)C(=O)N2C(C(=O)OC(c3ccccc3)c3ccccc3)C(COC(N)=O)=CS[C@H]21. The second-order valence-electron chi connectivity index (χ2n) is 9.29. The maximum Gasteiger partial charge on any atom is 0.404 e. The average molecular weight is 594 g/mol. The van der Waals surface area contributed by atoms with Crippen molar-refractivity contribution in [3.05, 3.63) is 105 Å². The zero-order valence-electron chi connectivity index (χ0n) is 21.9. The zero-order chi connectivity index (χ0) is 29.0. The van der Waals surface area contributed by atoms with Gasteiger partial charge in [0.1, 0.15) is 12.0 Å². The summed E-state index contributed by atoms with van der Waals surface area (Å²) < 4.78 is 16.7. The highest BCUT2D eigenvalue weighted by molar-refractivity contribution is 8.03. The minimum atomic E-state index is -1.69. The minimum absolute atomic E-state index is 0.0717. The summed E-state index contributed by atoms with van der Waals surface area (Å²) in [5, 5.41) is 5.42. The van der Waals surface area contributed by atoms with Gasteiger partial charge in [0, 0.05) is 17.6 Å². The molecule has 0 spiro atoms. The molecule has 0 bridgehead atoms. The topological polar surface area (TPSA) is 137 Å². The number of esters is 1. The van der Waals surface area contributed by atoms with Crippen LogP contribution in [-0.4, -0.2) is 59.6 Å². The maximum atomic E-state index is 13.9. The first-order chi connectivity index (χ1) is 19.8. The molecule has 3 atom stereocenters. The number of rotatable bonds is 10. The highest BCUT2D eigenvalue weighted by Gasteiger charge is 2.67. The second kappa shape index (κ2) is 12.2. The summed E-state index contributed by atoms with van der Waals surface area (Å²) in [5.41, 5.74) is 5.26. The van der Waals surface area contributed by atoms with Crippen molar-refractivity contribution >= 4 is 47.0 Å². The quantitative estimate of drug-likeness (QED) is 0.208. The molecule has 1 unspecified atom stereocenters. The Morgan fingerprint density at radius 3 is 2.24 bits per heavy atom. The van der Waals surface area contributed by atoms with Gasteiger partial charge in [-0.25, -0.2) is 9.59 Å². The summed E-state index contributed by atoms with van der Waals surface area (Å²) in [6, 6.07) is 20.8. The van der Waals surface area contributed by atoms with Crippen LogP contribution in [0.1, 0.15) is 22.1 Å². The monoisotopic (exact) mass is 593 g/mol. The average Bonchev–Trinajstić information content (AvgIpc) is 3.50. The highest BCUT2D eigenvalue weighted by Crippen LogP contribution is 2.47. The molecule has 12 heteroatoms. The number of hydrogen-bond donors (Lipinski definition) is 2. The molecule has 1 aromatic heterocycles. The Bertz CT molecular complexity index is 1410. The van der Waals surface area contributed by atoms with Crippen LogP contribution in [0.3, 0.4) is 0 Å². The Kier molecular flexibility index (Phi) is 8.43. The number of thioether (sulfide) groups is 1. The molecule has 2 aliphatic rings. The van der Waals surface area contributed by atoms with Crippen molar-refractivity contribution in [2.75, 3.05) is 13.7 Å². The third kappa shape index (κ3) is 5.71. The molecule has 1 saturated heterocycles. The van der Waals surface area contributed by atoms with Crippen LogP contribution >= 0.6 is 23.1 Å². The zero-order valence-corrected chi connectivity index (χ0v) is 23.6. The fourth-order valence-corrected chi connectivity index (χ4v) is 6.82. The molecule has 3 aromatic rings. The standard InChI is InChI=1S/C29H27N3O7S2/c1-37-29(31-22(33)15-21-13-8-14-40-21)26(35)32-23(20(16-38-28(30)36)17-41-27(29)32)25(34)39-24(18-9-4-2-5-10-18)19-11-6-3-7-12-19/h2-14,17,23-24,27H,15-16H2,1H3,(H2,30,36)(H,31,33)/t23?,27-,29-/m0/s1. The van der Waals surface area contributed by atoms with Crippen molar-refractivity contribution in [3.63, 3.8) is 0 Å². The predicted octanol–water partition coefficient (Wildman–Crippen LogP) is 3.35. The van der Waals surface area contributed by atoms with Gasteiger partial charge in [-0.15, -0.1) is 23.1 Å². The molecule has 3 heterocycles. The van der Waals surface area contributed by atoms with E-state index in [1.165, 1.54) is 23.3 Å². The van der Waals surface area contributed by atoms with Crippen LogP contribution < -0.4 is 11.1 Å². The Balaban J connectivity index is 1.43. The number of nitrogens with zero attached hydrogens (tertiary/aromatic N) is 1. The van der Waals surface area contributed by atoms with E-state index in [1.54, 1.807) is 5.41 Å². The molecule has 1 fully saturated rings. The smallest absolute Gasteiger partial charge is 0.404 e. The molecule has 0 saturated carbocycles. The van der Waals surface area contributed by atoms with Crippen LogP contribution in [0.4, 0.5) is 4.79 Å². The Morgan fingerprint density at radius 1 is 1.02 bits per heavy atom. The van der Waals surface area contributed by atoms with Crippen LogP contribution in [0.5, 0.6) is 0 Å². The van der Waals surface area contributed by atoms with Crippen molar-refractivity contribution in [3.8, 4) is 0 Å². The molecule has 10 nitrogen and oxygen atoms in total. The highest BCUT2D eigenvalue weighted by atomic mass is 32.2. The van der Waals surface area contributed by atoms with Gasteiger partial charge in [0.15, 0.2) is 12.1 Å². The van der Waals surface area contributed by atoms with E-state index in [0.29, 0.717) is 5.57 Å². The minimum Gasteiger partial charge on any atom is -0.451 e. The van der Waals surface area contributed by atoms with Crippen LogP contribution in [0.15, 0.2) is 89.2 Å². The van der Waals surface area contributed by atoms with Crippen LogP contribution in [0, 0.1) is 0 Å². The fourth-order valence-electron chi connectivity index (χ4n) is 4.82. The summed E-state index contributed by atoms with van der Waals surface area (Å²) >= 11 is 2.58. The van der Waals surface area contributed by atoms with Gasteiger partial charge in [0.2, 0.25) is 5.91 Å².